The Labute approximate surface area is 109 Å². The SMILES string of the molecule is Cc1ccc(F)c(NC(=O)CCc2nc(C)no2)c1. The Morgan fingerprint density at radius 2 is 2.21 bits per heavy atom. The number of halogens is 1. The number of aryl methyl sites for hydroxylation is 3. The molecule has 0 spiro atoms. The average Bonchev–Trinajstić information content (AvgIpc) is 2.77. The van der Waals surface area contributed by atoms with Crippen LogP contribution in [-0.4, -0.2) is 16.0 Å². The van der Waals surface area contributed by atoms with Gasteiger partial charge in [0.25, 0.3) is 0 Å². The maximum atomic E-state index is 13.4. The second kappa shape index (κ2) is 5.60. The van der Waals surface area contributed by atoms with Crippen molar-refractivity contribution in [3.05, 3.63) is 41.3 Å². The van der Waals surface area contributed by atoms with Crippen LogP contribution in [0.15, 0.2) is 22.7 Å². The molecule has 1 heterocycles. The molecular weight excluding hydrogens is 249 g/mol. The number of hydrogen-bond donors (Lipinski definition) is 1. The highest BCUT2D eigenvalue weighted by atomic mass is 19.1. The van der Waals surface area contributed by atoms with E-state index in [4.69, 9.17) is 4.52 Å². The first kappa shape index (κ1) is 13.2. The van der Waals surface area contributed by atoms with Gasteiger partial charge < -0.3 is 9.84 Å². The topological polar surface area (TPSA) is 68.0 Å². The molecule has 0 aliphatic heterocycles. The van der Waals surface area contributed by atoms with Crippen molar-refractivity contribution in [3.8, 4) is 0 Å². The summed E-state index contributed by atoms with van der Waals surface area (Å²) in [5, 5.41) is 6.15. The first-order valence-corrected chi connectivity index (χ1v) is 5.90. The first-order valence-electron chi connectivity index (χ1n) is 5.90. The molecule has 6 heteroatoms. The molecule has 0 atom stereocenters. The highest BCUT2D eigenvalue weighted by Gasteiger charge is 2.10. The first-order chi connectivity index (χ1) is 9.04. The Kier molecular flexibility index (Phi) is 3.89. The zero-order chi connectivity index (χ0) is 13.8. The monoisotopic (exact) mass is 263 g/mol. The Balaban J connectivity index is 1.92. The summed E-state index contributed by atoms with van der Waals surface area (Å²) in [5.74, 6) is 0.186. The van der Waals surface area contributed by atoms with Crippen LogP contribution in [0.2, 0.25) is 0 Å². The van der Waals surface area contributed by atoms with Gasteiger partial charge in [-0.1, -0.05) is 11.2 Å². The third kappa shape index (κ3) is 3.61. The fraction of sp³-hybridized carbons (Fsp3) is 0.308. The van der Waals surface area contributed by atoms with Crippen molar-refractivity contribution in [3.63, 3.8) is 0 Å². The molecule has 0 saturated carbocycles. The van der Waals surface area contributed by atoms with Gasteiger partial charge in [-0.2, -0.15) is 4.98 Å². The number of anilines is 1. The van der Waals surface area contributed by atoms with Gasteiger partial charge in [-0.3, -0.25) is 4.79 Å². The van der Waals surface area contributed by atoms with Crippen molar-refractivity contribution in [2.45, 2.75) is 26.7 Å². The van der Waals surface area contributed by atoms with E-state index in [-0.39, 0.29) is 18.0 Å². The van der Waals surface area contributed by atoms with Crippen LogP contribution >= 0.6 is 0 Å². The predicted octanol–water partition coefficient (Wildman–Crippen LogP) is 2.40. The Morgan fingerprint density at radius 3 is 2.89 bits per heavy atom. The molecule has 19 heavy (non-hydrogen) atoms. The second-order valence-corrected chi connectivity index (χ2v) is 4.27. The molecule has 2 aromatic rings. The Morgan fingerprint density at radius 1 is 1.42 bits per heavy atom. The van der Waals surface area contributed by atoms with Gasteiger partial charge in [0.1, 0.15) is 5.82 Å². The summed E-state index contributed by atoms with van der Waals surface area (Å²) in [6, 6.07) is 4.56. The molecule has 0 aliphatic carbocycles. The van der Waals surface area contributed by atoms with Gasteiger partial charge in [0.2, 0.25) is 11.8 Å². The predicted molar refractivity (Wildman–Crippen MR) is 67.1 cm³/mol. The highest BCUT2D eigenvalue weighted by molar-refractivity contribution is 5.90. The van der Waals surface area contributed by atoms with E-state index >= 15 is 0 Å². The van der Waals surface area contributed by atoms with Gasteiger partial charge in [0.05, 0.1) is 5.69 Å². The minimum absolute atomic E-state index is 0.162. The number of benzene rings is 1. The molecule has 1 aromatic carbocycles. The lowest BCUT2D eigenvalue weighted by molar-refractivity contribution is -0.116. The van der Waals surface area contributed by atoms with E-state index in [1.54, 1.807) is 19.1 Å². The summed E-state index contributed by atoms with van der Waals surface area (Å²) in [4.78, 5) is 15.7. The van der Waals surface area contributed by atoms with Gasteiger partial charge in [-0.25, -0.2) is 4.39 Å². The summed E-state index contributed by atoms with van der Waals surface area (Å²) in [7, 11) is 0. The van der Waals surface area contributed by atoms with Crippen molar-refractivity contribution in [1.82, 2.24) is 10.1 Å². The van der Waals surface area contributed by atoms with Crippen LogP contribution in [0, 0.1) is 19.7 Å². The standard InChI is InChI=1S/C13H14FN3O2/c1-8-3-4-10(14)11(7-8)16-12(18)5-6-13-15-9(2)17-19-13/h3-4,7H,5-6H2,1-2H3,(H,16,18). The summed E-state index contributed by atoms with van der Waals surface area (Å²) >= 11 is 0. The molecule has 1 aromatic heterocycles. The van der Waals surface area contributed by atoms with Crippen LogP contribution in [0.4, 0.5) is 10.1 Å². The van der Waals surface area contributed by atoms with Crippen molar-refractivity contribution in [2.24, 2.45) is 0 Å². The van der Waals surface area contributed by atoms with Crippen LogP contribution in [-0.2, 0) is 11.2 Å². The van der Waals surface area contributed by atoms with Gasteiger partial charge >= 0.3 is 0 Å². The summed E-state index contributed by atoms with van der Waals surface area (Å²) < 4.78 is 18.3. The molecule has 0 fully saturated rings. The lowest BCUT2D eigenvalue weighted by Crippen LogP contribution is -2.13. The van der Waals surface area contributed by atoms with Gasteiger partial charge in [0.15, 0.2) is 5.82 Å². The van der Waals surface area contributed by atoms with Gasteiger partial charge in [0, 0.05) is 12.8 Å². The zero-order valence-corrected chi connectivity index (χ0v) is 10.7. The van der Waals surface area contributed by atoms with Gasteiger partial charge in [-0.05, 0) is 31.5 Å². The zero-order valence-electron chi connectivity index (χ0n) is 10.7. The van der Waals surface area contributed by atoms with E-state index in [1.807, 2.05) is 6.92 Å². The molecule has 2 rings (SSSR count). The van der Waals surface area contributed by atoms with E-state index < -0.39 is 5.82 Å². The van der Waals surface area contributed by atoms with E-state index in [9.17, 15) is 9.18 Å². The molecular formula is C13H14FN3O2. The van der Waals surface area contributed by atoms with Crippen LogP contribution in [0.3, 0.4) is 0 Å². The molecule has 0 unspecified atom stereocenters. The van der Waals surface area contributed by atoms with E-state index in [2.05, 4.69) is 15.5 Å². The number of rotatable bonds is 4. The van der Waals surface area contributed by atoms with Crippen LogP contribution in [0.5, 0.6) is 0 Å². The molecule has 0 radical (unpaired) electrons. The van der Waals surface area contributed by atoms with E-state index in [0.29, 0.717) is 18.1 Å². The molecule has 5 nitrogen and oxygen atoms in total. The normalized spacial score (nSPS) is 10.5. The maximum absolute atomic E-state index is 13.4. The second-order valence-electron chi connectivity index (χ2n) is 4.27. The van der Waals surface area contributed by atoms with E-state index in [0.717, 1.165) is 5.56 Å². The Bertz CT molecular complexity index is 595. The number of nitrogens with one attached hydrogen (secondary N) is 1. The van der Waals surface area contributed by atoms with Gasteiger partial charge in [-0.15, -0.1) is 0 Å². The summed E-state index contributed by atoms with van der Waals surface area (Å²) in [6.07, 6.45) is 0.495. The number of hydrogen-bond acceptors (Lipinski definition) is 4. The number of amides is 1. The lowest BCUT2D eigenvalue weighted by Gasteiger charge is -2.06. The summed E-state index contributed by atoms with van der Waals surface area (Å²) in [5.41, 5.74) is 1.07. The average molecular weight is 263 g/mol. The molecule has 0 aliphatic rings. The number of aromatic nitrogens is 2. The fourth-order valence-corrected chi connectivity index (χ4v) is 1.61. The van der Waals surface area contributed by atoms with Crippen molar-refractivity contribution < 1.29 is 13.7 Å². The van der Waals surface area contributed by atoms with Crippen LogP contribution in [0.1, 0.15) is 23.7 Å². The Hall–Kier alpha value is -2.24. The van der Waals surface area contributed by atoms with Crippen LogP contribution in [0.25, 0.3) is 0 Å². The molecule has 1 amide bonds. The highest BCUT2D eigenvalue weighted by Crippen LogP contribution is 2.16. The lowest BCUT2D eigenvalue weighted by atomic mass is 10.2. The van der Waals surface area contributed by atoms with Crippen LogP contribution < -0.4 is 5.32 Å². The maximum Gasteiger partial charge on any atom is 0.227 e. The van der Waals surface area contributed by atoms with E-state index in [1.165, 1.54) is 6.07 Å². The van der Waals surface area contributed by atoms with Crippen molar-refractivity contribution >= 4 is 11.6 Å². The largest absolute Gasteiger partial charge is 0.339 e. The molecule has 0 saturated heterocycles. The fourth-order valence-electron chi connectivity index (χ4n) is 1.61. The number of nitrogens with zero attached hydrogens (tertiary/aromatic N) is 2. The minimum Gasteiger partial charge on any atom is -0.339 e. The minimum atomic E-state index is -0.451. The number of carbonyl (C=O) groups excluding carboxylic acids is 1. The molecule has 0 bridgehead atoms. The van der Waals surface area contributed by atoms with Crippen molar-refractivity contribution in [2.75, 3.05) is 5.32 Å². The quantitative estimate of drug-likeness (QED) is 0.919. The smallest absolute Gasteiger partial charge is 0.227 e. The third-order valence-corrected chi connectivity index (χ3v) is 2.53. The molecule has 100 valence electrons. The third-order valence-electron chi connectivity index (χ3n) is 2.53. The molecule has 1 N–H and O–H groups in total. The van der Waals surface area contributed by atoms with Crippen molar-refractivity contribution in [1.29, 1.82) is 0 Å². The number of carbonyl (C=O) groups is 1. The summed E-state index contributed by atoms with van der Waals surface area (Å²) in [6.45, 7) is 3.53.